The SMILES string of the molecule is CCN(CC)CCN1C(=O)C(=O)C(=C(O)c2ccc3c(c2)C[C@@H](C)O3)[C@H]1c1cccc(O)c1. The van der Waals surface area contributed by atoms with Crippen molar-refractivity contribution in [1.82, 2.24) is 9.80 Å². The van der Waals surface area contributed by atoms with Crippen LogP contribution in [0.5, 0.6) is 11.5 Å². The van der Waals surface area contributed by atoms with E-state index in [2.05, 4.69) is 4.90 Å². The van der Waals surface area contributed by atoms with Gasteiger partial charge in [-0.15, -0.1) is 0 Å². The lowest BCUT2D eigenvalue weighted by atomic mass is 9.94. The number of phenols is 1. The van der Waals surface area contributed by atoms with Gasteiger partial charge in [-0.2, -0.15) is 0 Å². The highest BCUT2D eigenvalue weighted by Gasteiger charge is 2.46. The molecule has 1 fully saturated rings. The molecule has 2 atom stereocenters. The molecule has 0 aromatic heterocycles. The highest BCUT2D eigenvalue weighted by molar-refractivity contribution is 6.46. The second kappa shape index (κ2) is 9.27. The van der Waals surface area contributed by atoms with Crippen LogP contribution in [-0.2, 0) is 16.0 Å². The van der Waals surface area contributed by atoms with Crippen LogP contribution in [0, 0.1) is 0 Å². The van der Waals surface area contributed by atoms with E-state index in [0.29, 0.717) is 30.6 Å². The maximum Gasteiger partial charge on any atom is 0.295 e. The van der Waals surface area contributed by atoms with Crippen LogP contribution in [0.2, 0.25) is 0 Å². The van der Waals surface area contributed by atoms with Gasteiger partial charge in [0.1, 0.15) is 23.4 Å². The zero-order valence-corrected chi connectivity index (χ0v) is 19.2. The number of aliphatic hydroxyl groups excluding tert-OH is 1. The Morgan fingerprint density at radius 1 is 1.15 bits per heavy atom. The summed E-state index contributed by atoms with van der Waals surface area (Å²) in [6, 6.07) is 11.0. The summed E-state index contributed by atoms with van der Waals surface area (Å²) < 4.78 is 5.74. The number of ketones is 1. The lowest BCUT2D eigenvalue weighted by molar-refractivity contribution is -0.140. The topological polar surface area (TPSA) is 90.3 Å². The molecule has 0 saturated carbocycles. The van der Waals surface area contributed by atoms with E-state index >= 15 is 0 Å². The lowest BCUT2D eigenvalue weighted by Gasteiger charge is -2.28. The molecule has 2 aromatic carbocycles. The maximum absolute atomic E-state index is 13.2. The minimum atomic E-state index is -0.781. The first-order valence-corrected chi connectivity index (χ1v) is 11.4. The van der Waals surface area contributed by atoms with Crippen LogP contribution in [-0.4, -0.2) is 64.0 Å². The monoisotopic (exact) mass is 450 g/mol. The molecular weight excluding hydrogens is 420 g/mol. The maximum atomic E-state index is 13.2. The first kappa shape index (κ1) is 22.9. The molecule has 4 rings (SSSR count). The Morgan fingerprint density at radius 3 is 2.61 bits per heavy atom. The van der Waals surface area contributed by atoms with Gasteiger partial charge in [0.2, 0.25) is 0 Å². The largest absolute Gasteiger partial charge is 0.508 e. The number of fused-ring (bicyclic) bond motifs is 1. The third-order valence-corrected chi connectivity index (χ3v) is 6.45. The van der Waals surface area contributed by atoms with Crippen LogP contribution in [0.1, 0.15) is 43.5 Å². The van der Waals surface area contributed by atoms with E-state index in [0.717, 1.165) is 24.4 Å². The molecule has 0 bridgehead atoms. The van der Waals surface area contributed by atoms with Crippen molar-refractivity contribution in [2.75, 3.05) is 26.2 Å². The zero-order chi connectivity index (χ0) is 23.7. The van der Waals surface area contributed by atoms with Crippen LogP contribution in [0.15, 0.2) is 48.0 Å². The number of amides is 1. The van der Waals surface area contributed by atoms with Crippen molar-refractivity contribution in [1.29, 1.82) is 0 Å². The number of aromatic hydroxyl groups is 1. The number of hydrogen-bond acceptors (Lipinski definition) is 6. The first-order valence-electron chi connectivity index (χ1n) is 11.4. The minimum absolute atomic E-state index is 0.0329. The molecule has 1 amide bonds. The van der Waals surface area contributed by atoms with E-state index in [1.807, 2.05) is 26.8 Å². The summed E-state index contributed by atoms with van der Waals surface area (Å²) in [7, 11) is 0. The normalized spacial score (nSPS) is 21.5. The quantitative estimate of drug-likeness (QED) is 0.381. The van der Waals surface area contributed by atoms with Crippen molar-refractivity contribution < 1.29 is 24.5 Å². The highest BCUT2D eigenvalue weighted by atomic mass is 16.5. The minimum Gasteiger partial charge on any atom is -0.508 e. The molecule has 0 aliphatic carbocycles. The molecule has 0 spiro atoms. The number of carbonyl (C=O) groups is 2. The number of hydrogen-bond donors (Lipinski definition) is 2. The van der Waals surface area contributed by atoms with Gasteiger partial charge in [-0.1, -0.05) is 26.0 Å². The lowest BCUT2D eigenvalue weighted by Crippen LogP contribution is -2.38. The van der Waals surface area contributed by atoms with Gasteiger partial charge in [0.15, 0.2) is 0 Å². The van der Waals surface area contributed by atoms with Gasteiger partial charge in [0, 0.05) is 25.1 Å². The van der Waals surface area contributed by atoms with Crippen molar-refractivity contribution in [3.63, 3.8) is 0 Å². The number of nitrogens with zero attached hydrogens (tertiary/aromatic N) is 2. The van der Waals surface area contributed by atoms with Gasteiger partial charge in [-0.25, -0.2) is 0 Å². The van der Waals surface area contributed by atoms with E-state index < -0.39 is 17.7 Å². The average molecular weight is 451 g/mol. The smallest absolute Gasteiger partial charge is 0.295 e. The Morgan fingerprint density at radius 2 is 1.91 bits per heavy atom. The van der Waals surface area contributed by atoms with Gasteiger partial charge in [-0.3, -0.25) is 9.59 Å². The van der Waals surface area contributed by atoms with Crippen molar-refractivity contribution in [3.8, 4) is 11.5 Å². The van der Waals surface area contributed by atoms with Gasteiger partial charge in [0.25, 0.3) is 11.7 Å². The van der Waals surface area contributed by atoms with Gasteiger partial charge < -0.3 is 24.7 Å². The highest BCUT2D eigenvalue weighted by Crippen LogP contribution is 2.41. The molecule has 2 aliphatic heterocycles. The molecule has 2 N–H and O–H groups in total. The predicted octanol–water partition coefficient (Wildman–Crippen LogP) is 3.48. The number of Topliss-reactive ketones (excluding diaryl/α,β-unsaturated/α-hetero) is 1. The van der Waals surface area contributed by atoms with Gasteiger partial charge in [-0.05, 0) is 61.5 Å². The Hall–Kier alpha value is -3.32. The molecule has 7 nitrogen and oxygen atoms in total. The number of benzene rings is 2. The van der Waals surface area contributed by atoms with Crippen molar-refractivity contribution >= 4 is 17.4 Å². The summed E-state index contributed by atoms with van der Waals surface area (Å²) in [5.74, 6) is -0.774. The second-order valence-corrected chi connectivity index (χ2v) is 8.57. The number of likely N-dealkylation sites (tertiary alicyclic amines) is 1. The molecular formula is C26H30N2O5. The summed E-state index contributed by atoms with van der Waals surface area (Å²) in [5.41, 5.74) is 2.04. The van der Waals surface area contributed by atoms with E-state index in [1.54, 1.807) is 24.3 Å². The summed E-state index contributed by atoms with van der Waals surface area (Å²) in [6.45, 7) is 8.65. The molecule has 174 valence electrons. The fraction of sp³-hybridized carbons (Fsp3) is 0.385. The summed E-state index contributed by atoms with van der Waals surface area (Å²) in [6.07, 6.45) is 0.764. The van der Waals surface area contributed by atoms with E-state index in [-0.39, 0.29) is 23.2 Å². The Balaban J connectivity index is 1.79. The molecule has 7 heteroatoms. The molecule has 2 aliphatic rings. The van der Waals surface area contributed by atoms with Gasteiger partial charge >= 0.3 is 0 Å². The number of aliphatic hydroxyl groups is 1. The zero-order valence-electron chi connectivity index (χ0n) is 19.2. The number of phenolic OH excluding ortho intramolecular Hbond substituents is 1. The average Bonchev–Trinajstić information content (AvgIpc) is 3.30. The van der Waals surface area contributed by atoms with Crippen molar-refractivity contribution in [2.45, 2.75) is 39.3 Å². The summed E-state index contributed by atoms with van der Waals surface area (Å²) >= 11 is 0. The predicted molar refractivity (Wildman–Crippen MR) is 125 cm³/mol. The summed E-state index contributed by atoms with van der Waals surface area (Å²) in [5, 5.41) is 21.3. The van der Waals surface area contributed by atoms with Crippen LogP contribution in [0.4, 0.5) is 0 Å². The molecule has 0 radical (unpaired) electrons. The van der Waals surface area contributed by atoms with Crippen LogP contribution in [0.25, 0.3) is 5.76 Å². The molecule has 2 aromatic rings. The number of likely N-dealkylation sites (N-methyl/N-ethyl adjacent to an activating group) is 1. The third kappa shape index (κ3) is 4.33. The van der Waals surface area contributed by atoms with Crippen molar-refractivity contribution in [3.05, 3.63) is 64.7 Å². The van der Waals surface area contributed by atoms with Crippen LogP contribution in [0.3, 0.4) is 0 Å². The Kier molecular flexibility index (Phi) is 6.42. The number of rotatable bonds is 7. The van der Waals surface area contributed by atoms with Crippen LogP contribution >= 0.6 is 0 Å². The standard InChI is InChI=1S/C26H30N2O5/c1-4-27(5-2)11-12-28-23(17-7-6-8-20(29)15-17)22(25(31)26(28)32)24(30)18-9-10-21-19(14-18)13-16(3)33-21/h6-10,14-16,23,29-30H,4-5,11-13H2,1-3H3/t16-,23-/m1/s1. The Bertz CT molecular complexity index is 1110. The number of carbonyl (C=O) groups excluding carboxylic acids is 2. The fourth-order valence-corrected chi connectivity index (χ4v) is 4.67. The first-order chi connectivity index (χ1) is 15.8. The van der Waals surface area contributed by atoms with E-state index in [1.165, 1.54) is 17.0 Å². The van der Waals surface area contributed by atoms with E-state index in [9.17, 15) is 19.8 Å². The molecule has 33 heavy (non-hydrogen) atoms. The van der Waals surface area contributed by atoms with Crippen LogP contribution < -0.4 is 4.74 Å². The van der Waals surface area contributed by atoms with E-state index in [4.69, 9.17) is 4.74 Å². The number of ether oxygens (including phenoxy) is 1. The fourth-order valence-electron chi connectivity index (χ4n) is 4.67. The molecule has 0 unspecified atom stereocenters. The Labute approximate surface area is 193 Å². The molecule has 2 heterocycles. The third-order valence-electron chi connectivity index (χ3n) is 6.45. The summed E-state index contributed by atoms with van der Waals surface area (Å²) in [4.78, 5) is 29.9. The van der Waals surface area contributed by atoms with Crippen molar-refractivity contribution in [2.24, 2.45) is 0 Å². The second-order valence-electron chi connectivity index (χ2n) is 8.57. The molecule has 1 saturated heterocycles. The van der Waals surface area contributed by atoms with Gasteiger partial charge in [0.05, 0.1) is 11.6 Å².